The molecular formula is C29H36N4O16S5. The van der Waals surface area contributed by atoms with E-state index in [4.69, 9.17) is 18.4 Å². The zero-order chi connectivity index (χ0) is 40.1. The van der Waals surface area contributed by atoms with E-state index in [2.05, 4.69) is 0 Å². The minimum Gasteiger partial charge on any atom is -0.422 e. The van der Waals surface area contributed by atoms with Crippen molar-refractivity contribution in [2.75, 3.05) is 42.6 Å². The molecule has 1 saturated heterocycles. The number of thiophene rings is 1. The van der Waals surface area contributed by atoms with Crippen molar-refractivity contribution >= 4 is 86.1 Å². The Morgan fingerprint density at radius 2 is 1.48 bits per heavy atom. The van der Waals surface area contributed by atoms with Gasteiger partial charge in [-0.1, -0.05) is 6.42 Å². The Labute approximate surface area is 314 Å². The van der Waals surface area contributed by atoms with E-state index in [1.54, 1.807) is 18.2 Å². The highest BCUT2D eigenvalue weighted by atomic mass is 32.2. The first-order valence-electron chi connectivity index (χ1n) is 16.0. The summed E-state index contributed by atoms with van der Waals surface area (Å²) in [5.41, 5.74) is -0.691. The van der Waals surface area contributed by atoms with Crippen LogP contribution in [0.15, 0.2) is 48.6 Å². The van der Waals surface area contributed by atoms with Gasteiger partial charge in [-0.15, -0.1) is 16.4 Å². The van der Waals surface area contributed by atoms with Crippen LogP contribution >= 0.6 is 11.3 Å². The van der Waals surface area contributed by atoms with Gasteiger partial charge in [0.05, 0.1) is 21.9 Å². The molecule has 0 bridgehead atoms. The molecule has 1 fully saturated rings. The van der Waals surface area contributed by atoms with Crippen LogP contribution in [0.3, 0.4) is 0 Å². The van der Waals surface area contributed by atoms with Gasteiger partial charge < -0.3 is 14.2 Å². The molecule has 25 heteroatoms. The molecule has 0 atom stereocenters. The van der Waals surface area contributed by atoms with Crippen LogP contribution in [0, 0.1) is 0 Å². The van der Waals surface area contributed by atoms with Crippen molar-refractivity contribution in [3.63, 3.8) is 0 Å². The molecule has 20 nitrogen and oxygen atoms in total. The molecule has 298 valence electrons. The second kappa shape index (κ2) is 17.3. The molecule has 2 aromatic heterocycles. The maximum Gasteiger partial charge on any atom is 0.345 e. The van der Waals surface area contributed by atoms with Gasteiger partial charge in [0.15, 0.2) is 0 Å². The van der Waals surface area contributed by atoms with Gasteiger partial charge in [-0.05, 0) is 44.0 Å². The Hall–Kier alpha value is -3.82. The smallest absolute Gasteiger partial charge is 0.345 e. The third kappa shape index (κ3) is 11.6. The summed E-state index contributed by atoms with van der Waals surface area (Å²) >= 11 is 0.322. The van der Waals surface area contributed by atoms with E-state index in [1.807, 2.05) is 21.3 Å². The molecule has 1 aliphatic heterocycles. The van der Waals surface area contributed by atoms with Crippen molar-refractivity contribution in [3.05, 3.63) is 40.8 Å². The van der Waals surface area contributed by atoms with Crippen LogP contribution in [0.1, 0.15) is 45.4 Å². The van der Waals surface area contributed by atoms with Crippen LogP contribution < -0.4 is 20.0 Å². The fraction of sp³-hybridized carbons (Fsp3) is 0.448. The number of fused-ring (bicyclic) bond motifs is 1. The van der Waals surface area contributed by atoms with E-state index >= 15 is 0 Å². The molecule has 3 aromatic rings. The number of carbonyl (C=O) groups is 3. The predicted octanol–water partition coefficient (Wildman–Crippen LogP) is 0.848. The highest BCUT2D eigenvalue weighted by Gasteiger charge is 2.33. The lowest BCUT2D eigenvalue weighted by molar-refractivity contribution is -0.197. The van der Waals surface area contributed by atoms with Crippen molar-refractivity contribution in [1.82, 2.24) is 14.5 Å². The Bertz CT molecular complexity index is 2410. The lowest BCUT2D eigenvalue weighted by atomic mass is 10.1. The van der Waals surface area contributed by atoms with Crippen LogP contribution in [-0.2, 0) is 59.5 Å². The maximum atomic E-state index is 13.4. The fourth-order valence-electron chi connectivity index (χ4n) is 5.11. The number of carbonyl (C=O) groups excluding carboxylic acids is 3. The van der Waals surface area contributed by atoms with Gasteiger partial charge >= 0.3 is 11.6 Å². The first-order valence-corrected chi connectivity index (χ1v) is 23.0. The second-order valence-corrected chi connectivity index (χ2v) is 19.7. The fourth-order valence-corrected chi connectivity index (χ4v) is 10.3. The number of nitrogens with one attached hydrogen (secondary N) is 2. The average Bonchev–Trinajstić information content (AvgIpc) is 3.65. The molecule has 2 amide bonds. The zero-order valence-electron chi connectivity index (χ0n) is 28.4. The molecule has 0 unspecified atom stereocenters. The van der Waals surface area contributed by atoms with E-state index in [1.165, 1.54) is 6.07 Å². The molecular weight excluding hydrogens is 821 g/mol. The number of rotatable bonds is 20. The number of anilines is 1. The third-order valence-electron chi connectivity index (χ3n) is 7.75. The summed E-state index contributed by atoms with van der Waals surface area (Å²) in [5.74, 6) is -3.84. The van der Waals surface area contributed by atoms with Gasteiger partial charge in [-0.25, -0.2) is 35.9 Å². The largest absolute Gasteiger partial charge is 0.422 e. The van der Waals surface area contributed by atoms with E-state index in [9.17, 15) is 52.8 Å². The van der Waals surface area contributed by atoms with Gasteiger partial charge in [0.2, 0.25) is 20.0 Å². The van der Waals surface area contributed by atoms with E-state index in [0.717, 1.165) is 0 Å². The summed E-state index contributed by atoms with van der Waals surface area (Å²) in [6.07, 6.45) is 1.66. The first kappa shape index (κ1) is 42.9. The summed E-state index contributed by atoms with van der Waals surface area (Å²) in [4.78, 5) is 54.3. The minimum atomic E-state index is -4.75. The Morgan fingerprint density at radius 3 is 2.07 bits per heavy atom. The monoisotopic (exact) mass is 856 g/mol. The molecule has 0 aliphatic carbocycles. The molecule has 54 heavy (non-hydrogen) atoms. The van der Waals surface area contributed by atoms with Crippen molar-refractivity contribution < 1.29 is 66.4 Å². The van der Waals surface area contributed by atoms with Crippen molar-refractivity contribution in [3.8, 4) is 10.4 Å². The Kier molecular flexibility index (Phi) is 13.8. The summed E-state index contributed by atoms with van der Waals surface area (Å²) < 4.78 is 124. The number of unbranched alkanes of at least 4 members (excludes halogenated alkanes) is 2. The molecule has 0 spiro atoms. The molecule has 1 aromatic carbocycles. The zero-order valence-corrected chi connectivity index (χ0v) is 32.5. The van der Waals surface area contributed by atoms with Crippen LogP contribution in [0.5, 0.6) is 0 Å². The number of nitrogens with zero attached hydrogens (tertiary/aromatic N) is 2. The number of hydroxylamine groups is 2. The quantitative estimate of drug-likeness (QED) is 0.0530. The van der Waals surface area contributed by atoms with E-state index in [0.29, 0.717) is 65.9 Å². The number of hydrogen-bond acceptors (Lipinski definition) is 16. The number of amides is 2. The minimum absolute atomic E-state index is 0.00147. The van der Waals surface area contributed by atoms with Gasteiger partial charge in [0, 0.05) is 62.6 Å². The normalized spacial score (nSPS) is 14.2. The van der Waals surface area contributed by atoms with Crippen molar-refractivity contribution in [1.29, 1.82) is 0 Å². The first-order chi connectivity index (χ1) is 25.1. The molecule has 4 N–H and O–H groups in total. The average molecular weight is 857 g/mol. The predicted molar refractivity (Wildman–Crippen MR) is 193 cm³/mol. The third-order valence-corrected chi connectivity index (χ3v) is 13.9. The maximum absolute atomic E-state index is 13.4. The van der Waals surface area contributed by atoms with Crippen LogP contribution in [0.25, 0.3) is 21.4 Å². The SMILES string of the molecule is CCN(CCCCCC(=O)ON1C(=O)CCC1=O)c1ccc2cc(-c3sc(S(=O)(=O)NCCS(=O)(=O)O)cc3S(=O)(=O)NCCS(=O)(=O)O)c(=O)oc2c1. The number of imide groups is 1. The summed E-state index contributed by atoms with van der Waals surface area (Å²) in [6, 6.07) is 6.81. The molecule has 0 saturated carbocycles. The lowest BCUT2D eigenvalue weighted by Gasteiger charge is -2.23. The number of sulfonamides is 2. The number of benzene rings is 1. The van der Waals surface area contributed by atoms with Gasteiger partial charge in [-0.3, -0.25) is 18.7 Å². The highest BCUT2D eigenvalue weighted by molar-refractivity contribution is 7.92. The Morgan fingerprint density at radius 1 is 0.870 bits per heavy atom. The van der Waals surface area contributed by atoms with Gasteiger partial charge in [-0.2, -0.15) is 16.8 Å². The lowest BCUT2D eigenvalue weighted by Crippen LogP contribution is -2.31. The molecule has 1 aliphatic rings. The van der Waals surface area contributed by atoms with Crippen molar-refractivity contribution in [2.24, 2.45) is 0 Å². The molecule has 3 heterocycles. The topological polar surface area (TPSA) is 298 Å². The van der Waals surface area contributed by atoms with Crippen LogP contribution in [0.4, 0.5) is 5.69 Å². The summed E-state index contributed by atoms with van der Waals surface area (Å²) in [6.45, 7) is 1.35. The van der Waals surface area contributed by atoms with Crippen LogP contribution in [-0.4, -0.2) is 103 Å². The highest BCUT2D eigenvalue weighted by Crippen LogP contribution is 2.38. The van der Waals surface area contributed by atoms with E-state index in [-0.39, 0.29) is 30.4 Å². The van der Waals surface area contributed by atoms with E-state index < -0.39 is 102 Å². The van der Waals surface area contributed by atoms with Gasteiger partial charge in [0.1, 0.15) is 14.7 Å². The Balaban J connectivity index is 1.55. The van der Waals surface area contributed by atoms with Crippen molar-refractivity contribution in [2.45, 2.75) is 54.6 Å². The summed E-state index contributed by atoms with van der Waals surface area (Å²) in [5, 5.41) is 0.807. The standard InChI is InChI=1S/C29H36N4O16S5/c1-2-32(13-5-3-4-6-26(36)49-33-24(34)9-10-25(33)35)20-8-7-19-16-21(29(37)48-22(19)17-20)28-23(53(44,45)30-11-14-51(38,39)40)18-27(50-28)54(46,47)31-12-15-52(41,42)43/h7-8,16-18,30-31H,2-6,9-15H2,1H3,(H,38,39,40)(H,41,42,43). The number of hydrogen-bond donors (Lipinski definition) is 4. The van der Waals surface area contributed by atoms with Crippen LogP contribution in [0.2, 0.25) is 0 Å². The molecule has 0 radical (unpaired) electrons. The summed E-state index contributed by atoms with van der Waals surface area (Å²) in [7, 11) is -18.5. The molecule has 4 rings (SSSR count). The second-order valence-electron chi connectivity index (χ2n) is 11.7. The van der Waals surface area contributed by atoms with Gasteiger partial charge in [0.25, 0.3) is 32.1 Å².